The van der Waals surface area contributed by atoms with Crippen LogP contribution in [0.4, 0.5) is 4.39 Å². The van der Waals surface area contributed by atoms with E-state index in [0.717, 1.165) is 11.3 Å². The van der Waals surface area contributed by atoms with Gasteiger partial charge in [-0.25, -0.2) is 4.39 Å². The summed E-state index contributed by atoms with van der Waals surface area (Å²) in [5.74, 6) is 0.483. The van der Waals surface area contributed by atoms with Gasteiger partial charge in [-0.05, 0) is 29.8 Å². The first-order valence-electron chi connectivity index (χ1n) is 7.99. The molecule has 0 fully saturated rings. The summed E-state index contributed by atoms with van der Waals surface area (Å²) in [6.07, 6.45) is -0.623. The maximum Gasteiger partial charge on any atom is 0.123 e. The fourth-order valence-corrected chi connectivity index (χ4v) is 2.36. The molecule has 0 heterocycles. The maximum absolute atomic E-state index is 13.0. The fraction of sp³-hybridized carbons (Fsp3) is 0.368. The van der Waals surface area contributed by atoms with Crippen molar-refractivity contribution in [2.45, 2.75) is 12.6 Å². The van der Waals surface area contributed by atoms with Crippen LogP contribution >= 0.6 is 0 Å². The predicted octanol–water partition coefficient (Wildman–Crippen LogP) is 2.71. The minimum Gasteiger partial charge on any atom is -0.491 e. The highest BCUT2D eigenvalue weighted by Crippen LogP contribution is 2.10. The lowest BCUT2D eigenvalue weighted by Gasteiger charge is -2.25. The lowest BCUT2D eigenvalue weighted by atomic mass is 10.2. The second kappa shape index (κ2) is 10.0. The summed E-state index contributed by atoms with van der Waals surface area (Å²) in [6.45, 7) is 2.53. The molecule has 0 saturated heterocycles. The molecule has 2 rings (SSSR count). The number of ether oxygens (including phenoxy) is 2. The zero-order valence-corrected chi connectivity index (χ0v) is 13.9. The van der Waals surface area contributed by atoms with Crippen molar-refractivity contribution >= 4 is 0 Å². The summed E-state index contributed by atoms with van der Waals surface area (Å²) in [5, 5.41) is 10.2. The summed E-state index contributed by atoms with van der Waals surface area (Å²) in [7, 11) is 1.64. The van der Waals surface area contributed by atoms with Crippen molar-refractivity contribution in [1.82, 2.24) is 4.90 Å². The van der Waals surface area contributed by atoms with Gasteiger partial charge in [-0.15, -0.1) is 0 Å². The second-order valence-electron chi connectivity index (χ2n) is 5.63. The molecule has 0 amide bonds. The predicted molar refractivity (Wildman–Crippen MR) is 91.5 cm³/mol. The van der Waals surface area contributed by atoms with Crippen LogP contribution in [0, 0.1) is 5.82 Å². The van der Waals surface area contributed by atoms with E-state index in [-0.39, 0.29) is 12.4 Å². The number of aliphatic hydroxyl groups excluding tert-OH is 1. The molecule has 1 N–H and O–H groups in total. The first-order chi connectivity index (χ1) is 11.7. The molecule has 2 aromatic carbocycles. The number of para-hydroxylation sites is 1. The van der Waals surface area contributed by atoms with Gasteiger partial charge in [0.1, 0.15) is 24.3 Å². The van der Waals surface area contributed by atoms with Gasteiger partial charge in [-0.1, -0.05) is 30.3 Å². The van der Waals surface area contributed by atoms with E-state index < -0.39 is 6.10 Å². The third-order valence-electron chi connectivity index (χ3n) is 3.59. The molecular formula is C19H24FNO3. The van der Waals surface area contributed by atoms with E-state index in [1.165, 1.54) is 12.1 Å². The lowest BCUT2D eigenvalue weighted by Crippen LogP contribution is -2.37. The van der Waals surface area contributed by atoms with E-state index >= 15 is 0 Å². The van der Waals surface area contributed by atoms with Crippen LogP contribution in [-0.4, -0.2) is 49.5 Å². The van der Waals surface area contributed by atoms with Crippen LogP contribution in [0.1, 0.15) is 5.56 Å². The van der Waals surface area contributed by atoms with Crippen molar-refractivity contribution in [1.29, 1.82) is 0 Å². The number of benzene rings is 2. The van der Waals surface area contributed by atoms with Crippen molar-refractivity contribution in [2.75, 3.05) is 33.4 Å². The van der Waals surface area contributed by atoms with Crippen molar-refractivity contribution in [3.05, 3.63) is 66.0 Å². The number of aliphatic hydroxyl groups is 1. The lowest BCUT2D eigenvalue weighted by molar-refractivity contribution is 0.0542. The topological polar surface area (TPSA) is 41.9 Å². The maximum atomic E-state index is 13.0. The zero-order valence-electron chi connectivity index (χ0n) is 13.9. The van der Waals surface area contributed by atoms with Crippen LogP contribution in [0.15, 0.2) is 54.6 Å². The largest absolute Gasteiger partial charge is 0.491 e. The molecule has 0 bridgehead atoms. The molecule has 130 valence electrons. The van der Waals surface area contributed by atoms with Crippen LogP contribution < -0.4 is 4.74 Å². The van der Waals surface area contributed by atoms with Crippen molar-refractivity contribution < 1.29 is 19.0 Å². The molecule has 24 heavy (non-hydrogen) atoms. The summed E-state index contributed by atoms with van der Waals surface area (Å²) < 4.78 is 23.7. The highest BCUT2D eigenvalue weighted by atomic mass is 19.1. The van der Waals surface area contributed by atoms with E-state index in [1.54, 1.807) is 19.2 Å². The Balaban J connectivity index is 1.85. The van der Waals surface area contributed by atoms with Crippen molar-refractivity contribution in [3.8, 4) is 5.75 Å². The van der Waals surface area contributed by atoms with Gasteiger partial charge in [-0.3, -0.25) is 4.90 Å². The Bertz CT molecular complexity index is 577. The monoisotopic (exact) mass is 333 g/mol. The van der Waals surface area contributed by atoms with Gasteiger partial charge < -0.3 is 14.6 Å². The third-order valence-corrected chi connectivity index (χ3v) is 3.59. The second-order valence-corrected chi connectivity index (χ2v) is 5.63. The first kappa shape index (κ1) is 18.4. The van der Waals surface area contributed by atoms with E-state index in [4.69, 9.17) is 9.47 Å². The van der Waals surface area contributed by atoms with Crippen LogP contribution in [0.2, 0.25) is 0 Å². The number of methoxy groups -OCH3 is 1. The van der Waals surface area contributed by atoms with Crippen LogP contribution in [-0.2, 0) is 11.3 Å². The average Bonchev–Trinajstić information content (AvgIpc) is 2.61. The Kier molecular flexibility index (Phi) is 7.68. The Morgan fingerprint density at radius 1 is 1.08 bits per heavy atom. The molecule has 0 spiro atoms. The molecule has 2 aromatic rings. The number of rotatable bonds is 10. The van der Waals surface area contributed by atoms with Crippen molar-refractivity contribution in [3.63, 3.8) is 0 Å². The van der Waals surface area contributed by atoms with Gasteiger partial charge in [0.05, 0.1) is 6.61 Å². The molecule has 4 nitrogen and oxygen atoms in total. The molecule has 0 aromatic heterocycles. The summed E-state index contributed by atoms with van der Waals surface area (Å²) in [6, 6.07) is 15.8. The van der Waals surface area contributed by atoms with Crippen LogP contribution in [0.3, 0.4) is 0 Å². The van der Waals surface area contributed by atoms with Crippen molar-refractivity contribution in [2.24, 2.45) is 0 Å². The van der Waals surface area contributed by atoms with E-state index in [2.05, 4.69) is 4.90 Å². The molecule has 0 unspecified atom stereocenters. The van der Waals surface area contributed by atoms with Crippen LogP contribution in [0.5, 0.6) is 5.75 Å². The molecule has 0 aliphatic carbocycles. The smallest absolute Gasteiger partial charge is 0.123 e. The van der Waals surface area contributed by atoms with E-state index in [9.17, 15) is 9.50 Å². The Morgan fingerprint density at radius 2 is 1.79 bits per heavy atom. The molecule has 0 saturated carbocycles. The summed E-state index contributed by atoms with van der Waals surface area (Å²) in [4.78, 5) is 2.07. The third kappa shape index (κ3) is 6.66. The quantitative estimate of drug-likeness (QED) is 0.726. The van der Waals surface area contributed by atoms with Gasteiger partial charge in [0, 0.05) is 26.7 Å². The normalized spacial score (nSPS) is 12.3. The molecule has 5 heteroatoms. The molecule has 1 atom stereocenters. The summed E-state index contributed by atoms with van der Waals surface area (Å²) in [5.41, 5.74) is 0.990. The molecular weight excluding hydrogens is 309 g/mol. The van der Waals surface area contributed by atoms with Gasteiger partial charge >= 0.3 is 0 Å². The number of hydrogen-bond donors (Lipinski definition) is 1. The minimum atomic E-state index is -0.623. The Morgan fingerprint density at radius 3 is 2.46 bits per heavy atom. The molecule has 0 radical (unpaired) electrons. The number of hydrogen-bond acceptors (Lipinski definition) is 4. The fourth-order valence-electron chi connectivity index (χ4n) is 2.36. The summed E-state index contributed by atoms with van der Waals surface area (Å²) >= 11 is 0. The molecule has 0 aliphatic heterocycles. The standard InChI is InChI=1S/C19H24FNO3/c1-23-12-11-21(13-16-7-9-17(20)10-8-16)14-18(22)15-24-19-5-3-2-4-6-19/h2-10,18,22H,11-15H2,1H3/t18-/m1/s1. The van der Waals surface area contributed by atoms with Gasteiger partial charge in [0.25, 0.3) is 0 Å². The number of halogens is 1. The Labute approximate surface area is 142 Å². The number of nitrogens with zero attached hydrogens (tertiary/aromatic N) is 1. The van der Waals surface area contributed by atoms with E-state index in [1.807, 2.05) is 30.3 Å². The molecule has 0 aliphatic rings. The average molecular weight is 333 g/mol. The Hall–Kier alpha value is -1.95. The van der Waals surface area contributed by atoms with Gasteiger partial charge in [0.2, 0.25) is 0 Å². The highest BCUT2D eigenvalue weighted by Gasteiger charge is 2.13. The van der Waals surface area contributed by atoms with E-state index in [0.29, 0.717) is 26.2 Å². The minimum absolute atomic E-state index is 0.219. The SMILES string of the molecule is COCCN(Cc1ccc(F)cc1)C[C@@H](O)COc1ccccc1. The zero-order chi connectivity index (χ0) is 17.2. The highest BCUT2D eigenvalue weighted by molar-refractivity contribution is 5.21. The van der Waals surface area contributed by atoms with Gasteiger partial charge in [0.15, 0.2) is 0 Å². The van der Waals surface area contributed by atoms with Crippen LogP contribution in [0.25, 0.3) is 0 Å². The first-order valence-corrected chi connectivity index (χ1v) is 7.99. The van der Waals surface area contributed by atoms with Gasteiger partial charge in [-0.2, -0.15) is 0 Å².